The van der Waals surface area contributed by atoms with Crippen LogP contribution in [0.4, 0.5) is 11.4 Å². The molecule has 0 aliphatic carbocycles. The number of nitro groups is 1. The van der Waals surface area contributed by atoms with Gasteiger partial charge in [0.25, 0.3) is 17.5 Å². The molecular weight excluding hydrogens is 408 g/mol. The number of carbonyl (C=O) groups is 2. The molecule has 2 heterocycles. The first kappa shape index (κ1) is 21.5. The van der Waals surface area contributed by atoms with Gasteiger partial charge in [0.05, 0.1) is 10.5 Å². The van der Waals surface area contributed by atoms with Gasteiger partial charge in [0.1, 0.15) is 0 Å². The maximum atomic E-state index is 13.1. The highest BCUT2D eigenvalue weighted by Crippen LogP contribution is 2.27. The van der Waals surface area contributed by atoms with E-state index in [-0.39, 0.29) is 11.6 Å². The largest absolute Gasteiger partial charge is 0.360 e. The smallest absolute Gasteiger partial charge is 0.270 e. The second kappa shape index (κ2) is 8.45. The van der Waals surface area contributed by atoms with Crippen molar-refractivity contribution < 1.29 is 14.5 Å². The third kappa shape index (κ3) is 4.21. The van der Waals surface area contributed by atoms with Crippen molar-refractivity contribution in [3.8, 4) is 0 Å². The second-order valence-electron chi connectivity index (χ2n) is 8.83. The minimum absolute atomic E-state index is 0.0402. The van der Waals surface area contributed by atoms with Crippen LogP contribution in [0.1, 0.15) is 46.5 Å². The number of likely N-dealkylation sites (tertiary alicyclic amines) is 1. The van der Waals surface area contributed by atoms with Crippen molar-refractivity contribution in [2.75, 3.05) is 18.4 Å². The Morgan fingerprint density at radius 3 is 2.53 bits per heavy atom. The Kier molecular flexibility index (Phi) is 5.69. The lowest BCUT2D eigenvalue weighted by Crippen LogP contribution is -2.42. The van der Waals surface area contributed by atoms with Crippen molar-refractivity contribution >= 4 is 34.1 Å². The summed E-state index contributed by atoms with van der Waals surface area (Å²) in [5.41, 5.74) is 2.75. The third-order valence-electron chi connectivity index (χ3n) is 6.01. The molecule has 3 aromatic rings. The Balaban J connectivity index is 1.59. The highest BCUT2D eigenvalue weighted by atomic mass is 16.6. The molecule has 166 valence electrons. The molecule has 2 atom stereocenters. The summed E-state index contributed by atoms with van der Waals surface area (Å²) in [6.07, 6.45) is 2.65. The number of nitro benzene ring substituents is 1. The number of aromatic nitrogens is 1. The van der Waals surface area contributed by atoms with E-state index in [9.17, 15) is 19.7 Å². The van der Waals surface area contributed by atoms with E-state index in [0.717, 1.165) is 25.1 Å². The van der Waals surface area contributed by atoms with Crippen molar-refractivity contribution in [1.29, 1.82) is 0 Å². The molecule has 2 aromatic carbocycles. The molecule has 8 nitrogen and oxygen atoms in total. The average molecular weight is 434 g/mol. The molecule has 2 amide bonds. The van der Waals surface area contributed by atoms with Gasteiger partial charge in [0, 0.05) is 53.6 Å². The zero-order valence-corrected chi connectivity index (χ0v) is 18.3. The van der Waals surface area contributed by atoms with Crippen molar-refractivity contribution in [1.82, 2.24) is 9.88 Å². The normalized spacial score (nSPS) is 18.5. The van der Waals surface area contributed by atoms with Crippen LogP contribution in [0, 0.1) is 28.9 Å². The van der Waals surface area contributed by atoms with Crippen LogP contribution < -0.4 is 5.32 Å². The number of anilines is 1. The van der Waals surface area contributed by atoms with Gasteiger partial charge in [0.2, 0.25) is 0 Å². The highest BCUT2D eigenvalue weighted by molar-refractivity contribution is 6.13. The molecule has 1 aliphatic rings. The van der Waals surface area contributed by atoms with Gasteiger partial charge < -0.3 is 15.2 Å². The molecule has 0 bridgehead atoms. The minimum Gasteiger partial charge on any atom is -0.360 e. The van der Waals surface area contributed by atoms with E-state index in [4.69, 9.17) is 0 Å². The number of benzene rings is 2. The van der Waals surface area contributed by atoms with Crippen LogP contribution in [-0.4, -0.2) is 39.7 Å². The molecule has 32 heavy (non-hydrogen) atoms. The Bertz CT molecular complexity index is 1210. The lowest BCUT2D eigenvalue weighted by atomic mass is 9.91. The SMILES string of the molecule is Cc1ccc(C(=O)N2CC(C)CC(C)C2)cc1NC(=O)c1c[nH]c2ccc([N+](=O)[O-])cc12. The van der Waals surface area contributed by atoms with Gasteiger partial charge in [-0.1, -0.05) is 19.9 Å². The number of aromatic amines is 1. The summed E-state index contributed by atoms with van der Waals surface area (Å²) in [6, 6.07) is 9.66. The number of H-pyrrole nitrogens is 1. The van der Waals surface area contributed by atoms with E-state index in [0.29, 0.717) is 39.6 Å². The van der Waals surface area contributed by atoms with Gasteiger partial charge in [-0.3, -0.25) is 19.7 Å². The zero-order chi connectivity index (χ0) is 23.0. The fourth-order valence-corrected chi connectivity index (χ4v) is 4.50. The summed E-state index contributed by atoms with van der Waals surface area (Å²) in [5, 5.41) is 14.5. The predicted octanol–water partition coefficient (Wildman–Crippen LogP) is 4.75. The standard InChI is InChI=1S/C24H26N4O4/c1-14-8-15(2)13-27(12-14)24(30)17-5-4-16(3)22(9-17)26-23(29)20-11-25-21-7-6-18(28(31)32)10-19(20)21/h4-7,9-11,14-15,25H,8,12-13H2,1-3H3,(H,26,29). The topological polar surface area (TPSA) is 108 Å². The zero-order valence-electron chi connectivity index (χ0n) is 18.3. The van der Waals surface area contributed by atoms with E-state index in [1.54, 1.807) is 18.2 Å². The number of amides is 2. The molecule has 4 rings (SSSR count). The number of nitrogens with zero attached hydrogens (tertiary/aromatic N) is 2. The molecule has 1 saturated heterocycles. The van der Waals surface area contributed by atoms with Crippen LogP contribution in [0.5, 0.6) is 0 Å². The fraction of sp³-hybridized carbons (Fsp3) is 0.333. The van der Waals surface area contributed by atoms with Gasteiger partial charge in [0.15, 0.2) is 0 Å². The first-order valence-electron chi connectivity index (χ1n) is 10.7. The fourth-order valence-electron chi connectivity index (χ4n) is 4.50. The minimum atomic E-state index is -0.490. The van der Waals surface area contributed by atoms with E-state index in [1.807, 2.05) is 17.9 Å². The van der Waals surface area contributed by atoms with Crippen LogP contribution >= 0.6 is 0 Å². The van der Waals surface area contributed by atoms with Crippen molar-refractivity contribution in [3.05, 3.63) is 69.4 Å². The van der Waals surface area contributed by atoms with Crippen LogP contribution in [0.15, 0.2) is 42.6 Å². The molecule has 1 aliphatic heterocycles. The number of fused-ring (bicyclic) bond motifs is 1. The first-order valence-corrected chi connectivity index (χ1v) is 10.7. The third-order valence-corrected chi connectivity index (χ3v) is 6.01. The van der Waals surface area contributed by atoms with Crippen LogP contribution in [0.2, 0.25) is 0 Å². The number of hydrogen-bond donors (Lipinski definition) is 2. The summed E-state index contributed by atoms with van der Waals surface area (Å²) in [7, 11) is 0. The Hall–Kier alpha value is -3.68. The molecule has 0 spiro atoms. The number of nitrogens with one attached hydrogen (secondary N) is 2. The quantitative estimate of drug-likeness (QED) is 0.456. The number of rotatable bonds is 4. The van der Waals surface area contributed by atoms with Gasteiger partial charge in [-0.2, -0.15) is 0 Å². The molecule has 1 aromatic heterocycles. The van der Waals surface area contributed by atoms with E-state index in [1.165, 1.54) is 18.3 Å². The number of carbonyl (C=O) groups excluding carboxylic acids is 2. The van der Waals surface area contributed by atoms with Crippen molar-refractivity contribution in [2.24, 2.45) is 11.8 Å². The molecule has 1 fully saturated rings. The van der Waals surface area contributed by atoms with Crippen LogP contribution in [-0.2, 0) is 0 Å². The summed E-state index contributed by atoms with van der Waals surface area (Å²) < 4.78 is 0. The predicted molar refractivity (Wildman–Crippen MR) is 123 cm³/mol. The molecule has 0 saturated carbocycles. The first-order chi connectivity index (χ1) is 15.2. The van der Waals surface area contributed by atoms with E-state index in [2.05, 4.69) is 24.1 Å². The van der Waals surface area contributed by atoms with Gasteiger partial charge in [-0.15, -0.1) is 0 Å². The lowest BCUT2D eigenvalue weighted by Gasteiger charge is -2.35. The van der Waals surface area contributed by atoms with E-state index < -0.39 is 10.8 Å². The summed E-state index contributed by atoms with van der Waals surface area (Å²) in [6.45, 7) is 7.62. The molecule has 0 radical (unpaired) electrons. The summed E-state index contributed by atoms with van der Waals surface area (Å²) in [4.78, 5) is 41.6. The lowest BCUT2D eigenvalue weighted by molar-refractivity contribution is -0.384. The van der Waals surface area contributed by atoms with Crippen molar-refractivity contribution in [2.45, 2.75) is 27.2 Å². The highest BCUT2D eigenvalue weighted by Gasteiger charge is 2.26. The van der Waals surface area contributed by atoms with E-state index >= 15 is 0 Å². The Labute approximate surface area is 185 Å². The number of non-ortho nitro benzene ring substituents is 1. The Morgan fingerprint density at radius 2 is 1.84 bits per heavy atom. The molecular formula is C24H26N4O4. The average Bonchev–Trinajstić information content (AvgIpc) is 3.17. The second-order valence-corrected chi connectivity index (χ2v) is 8.83. The van der Waals surface area contributed by atoms with Gasteiger partial charge in [-0.25, -0.2) is 0 Å². The molecule has 2 unspecified atom stereocenters. The number of piperidine rings is 1. The summed E-state index contributed by atoms with van der Waals surface area (Å²) in [5.74, 6) is 0.475. The van der Waals surface area contributed by atoms with Crippen LogP contribution in [0.3, 0.4) is 0 Å². The number of aryl methyl sites for hydroxylation is 1. The maximum Gasteiger partial charge on any atom is 0.270 e. The molecule has 2 N–H and O–H groups in total. The van der Waals surface area contributed by atoms with Crippen LogP contribution in [0.25, 0.3) is 10.9 Å². The monoisotopic (exact) mass is 434 g/mol. The number of hydrogen-bond acceptors (Lipinski definition) is 4. The Morgan fingerprint density at radius 1 is 1.12 bits per heavy atom. The maximum absolute atomic E-state index is 13.1. The van der Waals surface area contributed by atoms with Gasteiger partial charge in [-0.05, 0) is 48.9 Å². The molecule has 8 heteroatoms. The van der Waals surface area contributed by atoms with Gasteiger partial charge >= 0.3 is 0 Å². The summed E-state index contributed by atoms with van der Waals surface area (Å²) >= 11 is 0. The van der Waals surface area contributed by atoms with Crippen molar-refractivity contribution in [3.63, 3.8) is 0 Å².